The lowest BCUT2D eigenvalue weighted by atomic mass is 9.51. The lowest BCUT2D eigenvalue weighted by Crippen LogP contribution is -2.50. The van der Waals surface area contributed by atoms with Crippen LogP contribution in [0.15, 0.2) is 47.2 Å². The van der Waals surface area contributed by atoms with E-state index in [-0.39, 0.29) is 11.3 Å². The van der Waals surface area contributed by atoms with E-state index in [2.05, 4.69) is 25.0 Å². The number of carbonyl (C=O) groups is 1. The van der Waals surface area contributed by atoms with Gasteiger partial charge in [0.25, 0.3) is 0 Å². The highest BCUT2D eigenvalue weighted by Gasteiger charge is 2.62. The van der Waals surface area contributed by atoms with Gasteiger partial charge in [0.15, 0.2) is 0 Å². The van der Waals surface area contributed by atoms with Crippen molar-refractivity contribution in [3.8, 4) is 12.3 Å². The second-order valence-electron chi connectivity index (χ2n) is 9.45. The molecular formula is C26H28O3. The molecule has 0 radical (unpaired) electrons. The Morgan fingerprint density at radius 2 is 2.03 bits per heavy atom. The molecule has 2 unspecified atom stereocenters. The van der Waals surface area contributed by atoms with Crippen LogP contribution in [0.3, 0.4) is 0 Å². The van der Waals surface area contributed by atoms with Crippen molar-refractivity contribution in [3.05, 3.63) is 58.4 Å². The maximum Gasteiger partial charge on any atom is 0.150 e. The molecule has 1 heterocycles. The van der Waals surface area contributed by atoms with Gasteiger partial charge in [-0.2, -0.15) is 0 Å². The zero-order valence-corrected chi connectivity index (χ0v) is 17.0. The molecule has 2 fully saturated rings. The summed E-state index contributed by atoms with van der Waals surface area (Å²) in [7, 11) is 0. The van der Waals surface area contributed by atoms with E-state index in [9.17, 15) is 9.90 Å². The molecule has 1 N–H and O–H groups in total. The average molecular weight is 389 g/mol. The van der Waals surface area contributed by atoms with Gasteiger partial charge in [-0.05, 0) is 60.6 Å². The number of aldehydes is 1. The largest absolute Gasteiger partial charge is 0.501 e. The molecule has 1 aliphatic heterocycles. The number of hydrogen-bond acceptors (Lipinski definition) is 3. The zero-order chi connectivity index (χ0) is 20.2. The molecule has 0 bridgehead atoms. The van der Waals surface area contributed by atoms with Gasteiger partial charge in [-0.3, -0.25) is 4.79 Å². The van der Waals surface area contributed by atoms with Gasteiger partial charge in [-0.25, -0.2) is 0 Å². The Balaban J connectivity index is 1.68. The molecule has 29 heavy (non-hydrogen) atoms. The third-order valence-corrected chi connectivity index (χ3v) is 8.34. The molecule has 1 aromatic rings. The van der Waals surface area contributed by atoms with E-state index in [1.807, 2.05) is 18.4 Å². The van der Waals surface area contributed by atoms with Crippen molar-refractivity contribution in [2.24, 2.45) is 17.3 Å². The standard InChI is InChI=1S/C26H28O3/c1-3-26(28)12-10-23-21-9-8-19-16-29-13-11-20(19)24(21)22(14-25(23,26)2)18-6-4-17(15-27)5-7-18/h1,4-7,15-16,21-23,28H,8-14H2,2H3/t21?,22-,23?,25+,26+/m1/s1. The monoisotopic (exact) mass is 388 g/mol. The van der Waals surface area contributed by atoms with Crippen molar-refractivity contribution in [1.82, 2.24) is 0 Å². The zero-order valence-electron chi connectivity index (χ0n) is 17.0. The van der Waals surface area contributed by atoms with Crippen LogP contribution in [0.5, 0.6) is 0 Å². The summed E-state index contributed by atoms with van der Waals surface area (Å²) < 4.78 is 5.65. The van der Waals surface area contributed by atoms with Gasteiger partial charge >= 0.3 is 0 Å². The molecule has 0 aromatic heterocycles. The van der Waals surface area contributed by atoms with E-state index in [0.717, 1.165) is 45.0 Å². The summed E-state index contributed by atoms with van der Waals surface area (Å²) in [6.45, 7) is 2.95. The first-order valence-electron chi connectivity index (χ1n) is 10.8. The minimum Gasteiger partial charge on any atom is -0.501 e. The Labute approximate surface area is 172 Å². The number of carbonyl (C=O) groups excluding carboxylic acids is 1. The van der Waals surface area contributed by atoms with Crippen LogP contribution in [0.25, 0.3) is 0 Å². The number of fused-ring (bicyclic) bond motifs is 4. The molecule has 5 rings (SSSR count). The molecule has 3 heteroatoms. The topological polar surface area (TPSA) is 46.5 Å². The fourth-order valence-corrected chi connectivity index (χ4v) is 6.78. The predicted octanol–water partition coefficient (Wildman–Crippen LogP) is 4.78. The van der Waals surface area contributed by atoms with Crippen LogP contribution in [-0.2, 0) is 4.74 Å². The summed E-state index contributed by atoms with van der Waals surface area (Å²) in [5.41, 5.74) is 4.97. The molecule has 0 amide bonds. The van der Waals surface area contributed by atoms with Crippen LogP contribution in [0.4, 0.5) is 0 Å². The van der Waals surface area contributed by atoms with Crippen LogP contribution in [0.1, 0.15) is 67.3 Å². The second kappa shape index (κ2) is 6.61. The summed E-state index contributed by atoms with van der Waals surface area (Å²) in [6, 6.07) is 7.99. The Morgan fingerprint density at radius 3 is 2.76 bits per heavy atom. The molecule has 0 saturated heterocycles. The highest BCUT2D eigenvalue weighted by atomic mass is 16.5. The van der Waals surface area contributed by atoms with E-state index in [1.165, 1.54) is 16.7 Å². The molecule has 0 spiro atoms. The number of hydrogen-bond donors (Lipinski definition) is 1. The number of benzene rings is 1. The first-order valence-corrected chi connectivity index (χ1v) is 10.8. The second-order valence-corrected chi connectivity index (χ2v) is 9.45. The van der Waals surface area contributed by atoms with E-state index in [0.29, 0.717) is 23.8 Å². The molecule has 3 aliphatic carbocycles. The van der Waals surface area contributed by atoms with Gasteiger partial charge in [-0.15, -0.1) is 6.42 Å². The van der Waals surface area contributed by atoms with Crippen LogP contribution in [0.2, 0.25) is 0 Å². The van der Waals surface area contributed by atoms with E-state index < -0.39 is 5.60 Å². The highest BCUT2D eigenvalue weighted by molar-refractivity contribution is 5.74. The van der Waals surface area contributed by atoms with Crippen LogP contribution < -0.4 is 0 Å². The first-order chi connectivity index (χ1) is 14.0. The fourth-order valence-electron chi connectivity index (χ4n) is 6.78. The summed E-state index contributed by atoms with van der Waals surface area (Å²) >= 11 is 0. The Bertz CT molecular complexity index is 947. The Hall–Kier alpha value is -2.31. The number of allylic oxidation sites excluding steroid dienone is 2. The molecule has 3 nitrogen and oxygen atoms in total. The van der Waals surface area contributed by atoms with E-state index in [4.69, 9.17) is 11.2 Å². The summed E-state index contributed by atoms with van der Waals surface area (Å²) in [6.07, 6.45) is 14.4. The van der Waals surface area contributed by atoms with E-state index >= 15 is 0 Å². The maximum atomic E-state index is 11.4. The number of terminal acetylenes is 1. The maximum absolute atomic E-state index is 11.4. The average Bonchev–Trinajstić information content (AvgIpc) is 3.04. The third kappa shape index (κ3) is 2.58. The molecule has 5 atom stereocenters. The lowest BCUT2D eigenvalue weighted by molar-refractivity contribution is -0.0513. The van der Waals surface area contributed by atoms with Crippen molar-refractivity contribution in [2.45, 2.75) is 57.0 Å². The van der Waals surface area contributed by atoms with Crippen LogP contribution >= 0.6 is 0 Å². The minimum absolute atomic E-state index is 0.219. The highest BCUT2D eigenvalue weighted by Crippen LogP contribution is 2.66. The number of ether oxygens (including phenoxy) is 1. The minimum atomic E-state index is -1.04. The molecule has 2 saturated carbocycles. The summed E-state index contributed by atoms with van der Waals surface area (Å²) in [5, 5.41) is 11.4. The molecule has 150 valence electrons. The normalized spacial score (nSPS) is 38.1. The number of aliphatic hydroxyl groups is 1. The van der Waals surface area contributed by atoms with Gasteiger partial charge in [0.1, 0.15) is 11.9 Å². The molecule has 1 aromatic carbocycles. The Morgan fingerprint density at radius 1 is 1.24 bits per heavy atom. The van der Waals surface area contributed by atoms with Gasteiger partial charge in [0.2, 0.25) is 0 Å². The van der Waals surface area contributed by atoms with Crippen LogP contribution in [-0.4, -0.2) is 23.6 Å². The van der Waals surface area contributed by atoms with Gasteiger partial charge < -0.3 is 9.84 Å². The lowest BCUT2D eigenvalue weighted by Gasteiger charge is -2.53. The predicted molar refractivity (Wildman–Crippen MR) is 112 cm³/mol. The quantitative estimate of drug-likeness (QED) is 0.586. The third-order valence-electron chi connectivity index (χ3n) is 8.34. The molecule has 4 aliphatic rings. The fraction of sp³-hybridized carbons (Fsp3) is 0.500. The van der Waals surface area contributed by atoms with Crippen LogP contribution in [0, 0.1) is 29.6 Å². The van der Waals surface area contributed by atoms with Crippen molar-refractivity contribution in [3.63, 3.8) is 0 Å². The van der Waals surface area contributed by atoms with Crippen molar-refractivity contribution in [1.29, 1.82) is 0 Å². The first kappa shape index (κ1) is 18.7. The van der Waals surface area contributed by atoms with E-state index in [1.54, 1.807) is 5.57 Å². The summed E-state index contributed by atoms with van der Waals surface area (Å²) in [4.78, 5) is 11.1. The van der Waals surface area contributed by atoms with Gasteiger partial charge in [0.05, 0.1) is 12.9 Å². The van der Waals surface area contributed by atoms with Crippen molar-refractivity contribution >= 4 is 6.29 Å². The van der Waals surface area contributed by atoms with Gasteiger partial charge in [0, 0.05) is 23.3 Å². The number of rotatable bonds is 2. The summed E-state index contributed by atoms with van der Waals surface area (Å²) in [5.74, 6) is 3.88. The SMILES string of the molecule is C#C[C@]1(O)CCC2C3CCC4=COCCC4=C3[C@@H](c3ccc(C=O)cc3)C[C@@]21C. The van der Waals surface area contributed by atoms with Crippen molar-refractivity contribution < 1.29 is 14.6 Å². The smallest absolute Gasteiger partial charge is 0.150 e. The Kier molecular flexibility index (Phi) is 4.26. The molecular weight excluding hydrogens is 360 g/mol. The van der Waals surface area contributed by atoms with Gasteiger partial charge in [-0.1, -0.05) is 42.7 Å². The van der Waals surface area contributed by atoms with Crippen molar-refractivity contribution in [2.75, 3.05) is 6.61 Å².